The van der Waals surface area contributed by atoms with Crippen molar-refractivity contribution in [1.29, 1.82) is 5.26 Å². The van der Waals surface area contributed by atoms with Gasteiger partial charge in [0, 0.05) is 11.9 Å². The molecule has 1 atom stereocenters. The Morgan fingerprint density at radius 1 is 1.91 bits per heavy atom. The molecule has 0 amide bonds. The second kappa shape index (κ2) is 3.30. The molecule has 0 saturated heterocycles. The zero-order valence-corrected chi connectivity index (χ0v) is 6.84. The van der Waals surface area contributed by atoms with Crippen LogP contribution in [0.2, 0.25) is 0 Å². The zero-order valence-electron chi connectivity index (χ0n) is 6.02. The molecule has 4 nitrogen and oxygen atoms in total. The minimum absolute atomic E-state index is 0.298. The molecule has 0 fully saturated rings. The zero-order chi connectivity index (χ0) is 8.27. The van der Waals surface area contributed by atoms with Crippen LogP contribution in [-0.2, 0) is 11.0 Å². The molecule has 11 heavy (non-hydrogen) atoms. The number of hydrogen-bond donors (Lipinski definition) is 0. The normalized spacial score (nSPS) is 12.4. The fourth-order valence-electron chi connectivity index (χ4n) is 0.613. The van der Waals surface area contributed by atoms with Crippen LogP contribution in [0.5, 0.6) is 0 Å². The molecule has 0 radical (unpaired) electrons. The van der Waals surface area contributed by atoms with E-state index in [1.165, 1.54) is 16.4 Å². The van der Waals surface area contributed by atoms with Crippen molar-refractivity contribution in [2.75, 3.05) is 5.75 Å². The highest BCUT2D eigenvalue weighted by molar-refractivity contribution is 7.83. The highest BCUT2D eigenvalue weighted by Crippen LogP contribution is 1.94. The van der Waals surface area contributed by atoms with Gasteiger partial charge in [-0.1, -0.05) is 6.92 Å². The number of hydrogen-bond acceptors (Lipinski definition) is 3. The minimum atomic E-state index is -1.12. The molecule has 0 spiro atoms. The summed E-state index contributed by atoms with van der Waals surface area (Å²) in [6.07, 6.45) is 1.54. The summed E-state index contributed by atoms with van der Waals surface area (Å²) in [6, 6.07) is 3.40. The van der Waals surface area contributed by atoms with E-state index in [-0.39, 0.29) is 0 Å². The van der Waals surface area contributed by atoms with E-state index in [0.29, 0.717) is 11.4 Å². The largest absolute Gasteiger partial charge is 0.235 e. The predicted molar refractivity (Wildman–Crippen MR) is 41.0 cm³/mol. The lowest BCUT2D eigenvalue weighted by atomic mass is 10.5. The third-order valence-electron chi connectivity index (χ3n) is 1.14. The van der Waals surface area contributed by atoms with Crippen LogP contribution in [0.1, 0.15) is 12.6 Å². The maximum absolute atomic E-state index is 11.0. The van der Waals surface area contributed by atoms with Gasteiger partial charge in [-0.05, 0) is 6.07 Å². The van der Waals surface area contributed by atoms with Crippen molar-refractivity contribution in [1.82, 2.24) is 9.19 Å². The minimum Gasteiger partial charge on any atom is -0.235 e. The van der Waals surface area contributed by atoms with E-state index in [2.05, 4.69) is 5.10 Å². The first-order chi connectivity index (χ1) is 5.27. The predicted octanol–water partition coefficient (Wildman–Crippen LogP) is 0.286. The van der Waals surface area contributed by atoms with Gasteiger partial charge in [-0.3, -0.25) is 0 Å². The molecule has 1 rings (SSSR count). The van der Waals surface area contributed by atoms with E-state index >= 15 is 0 Å². The molecular weight excluding hydrogens is 162 g/mol. The van der Waals surface area contributed by atoms with E-state index in [1.54, 1.807) is 6.92 Å². The SMILES string of the molecule is CCS(=O)n1ccc(C#N)n1. The van der Waals surface area contributed by atoms with Crippen molar-refractivity contribution in [3.05, 3.63) is 18.0 Å². The Hall–Kier alpha value is -1.15. The first-order valence-electron chi connectivity index (χ1n) is 3.12. The summed E-state index contributed by atoms with van der Waals surface area (Å²) in [4.78, 5) is 0. The van der Waals surface area contributed by atoms with Gasteiger partial charge in [-0.25, -0.2) is 4.21 Å². The van der Waals surface area contributed by atoms with E-state index in [4.69, 9.17) is 5.26 Å². The average molecular weight is 169 g/mol. The molecule has 0 aliphatic heterocycles. The molecule has 1 aromatic rings. The molecule has 0 saturated carbocycles. The fraction of sp³-hybridized carbons (Fsp3) is 0.333. The van der Waals surface area contributed by atoms with Crippen LogP contribution < -0.4 is 0 Å². The number of aromatic nitrogens is 2. The van der Waals surface area contributed by atoms with Crippen LogP contribution >= 0.6 is 0 Å². The first kappa shape index (κ1) is 7.95. The Morgan fingerprint density at radius 2 is 2.64 bits per heavy atom. The Bertz CT molecular complexity index is 312. The van der Waals surface area contributed by atoms with Crippen molar-refractivity contribution in [3.8, 4) is 6.07 Å². The van der Waals surface area contributed by atoms with Gasteiger partial charge < -0.3 is 0 Å². The van der Waals surface area contributed by atoms with Crippen LogP contribution in [0.25, 0.3) is 0 Å². The first-order valence-corrected chi connectivity index (χ1v) is 4.40. The molecule has 0 N–H and O–H groups in total. The van der Waals surface area contributed by atoms with Crippen molar-refractivity contribution < 1.29 is 4.21 Å². The summed E-state index contributed by atoms with van der Waals surface area (Å²) in [5, 5.41) is 12.1. The molecule has 58 valence electrons. The molecule has 1 aromatic heterocycles. The second-order valence-corrected chi connectivity index (χ2v) is 3.42. The Balaban J connectivity index is 2.91. The van der Waals surface area contributed by atoms with Crippen molar-refractivity contribution in [2.45, 2.75) is 6.92 Å². The monoisotopic (exact) mass is 169 g/mol. The fourth-order valence-corrected chi connectivity index (χ4v) is 1.25. The maximum Gasteiger partial charge on any atom is 0.163 e. The third kappa shape index (κ3) is 1.65. The van der Waals surface area contributed by atoms with Gasteiger partial charge in [0.25, 0.3) is 0 Å². The smallest absolute Gasteiger partial charge is 0.163 e. The van der Waals surface area contributed by atoms with Crippen LogP contribution in [0, 0.1) is 11.3 Å². The molecule has 1 unspecified atom stereocenters. The topological polar surface area (TPSA) is 58.7 Å². The quantitative estimate of drug-likeness (QED) is 0.639. The number of nitrogens with zero attached hydrogens (tertiary/aromatic N) is 3. The molecule has 1 heterocycles. The molecule has 0 bridgehead atoms. The van der Waals surface area contributed by atoms with E-state index in [9.17, 15) is 4.21 Å². The standard InChI is InChI=1S/C6H7N3OS/c1-2-11(10)9-4-3-6(5-7)8-9/h3-4H,2H2,1H3. The van der Waals surface area contributed by atoms with Crippen molar-refractivity contribution in [2.24, 2.45) is 0 Å². The van der Waals surface area contributed by atoms with Crippen LogP contribution in [0.15, 0.2) is 12.3 Å². The molecule has 0 aliphatic carbocycles. The van der Waals surface area contributed by atoms with Crippen molar-refractivity contribution in [3.63, 3.8) is 0 Å². The van der Waals surface area contributed by atoms with Gasteiger partial charge in [0.05, 0.1) is 0 Å². The summed E-state index contributed by atoms with van der Waals surface area (Å²) in [5.41, 5.74) is 0.298. The van der Waals surface area contributed by atoms with E-state index in [0.717, 1.165) is 0 Å². The highest BCUT2D eigenvalue weighted by Gasteiger charge is 2.01. The number of rotatable bonds is 2. The van der Waals surface area contributed by atoms with Crippen LogP contribution in [0.4, 0.5) is 0 Å². The lowest BCUT2D eigenvalue weighted by molar-refractivity contribution is 0.672. The molecular formula is C6H7N3OS. The van der Waals surface area contributed by atoms with Gasteiger partial charge in [-0.15, -0.1) is 5.10 Å². The van der Waals surface area contributed by atoms with Crippen molar-refractivity contribution >= 4 is 11.0 Å². The average Bonchev–Trinajstić information content (AvgIpc) is 2.50. The summed E-state index contributed by atoms with van der Waals surface area (Å²) >= 11 is 0. The summed E-state index contributed by atoms with van der Waals surface area (Å²) in [7, 11) is -1.12. The lowest BCUT2D eigenvalue weighted by Gasteiger charge is -1.93. The van der Waals surface area contributed by atoms with Gasteiger partial charge >= 0.3 is 0 Å². The highest BCUT2D eigenvalue weighted by atomic mass is 32.2. The summed E-state index contributed by atoms with van der Waals surface area (Å²) in [5.74, 6) is 0.506. The number of nitriles is 1. The Labute approximate surface area is 67.0 Å². The summed E-state index contributed by atoms with van der Waals surface area (Å²) < 4.78 is 12.3. The third-order valence-corrected chi connectivity index (χ3v) is 2.25. The second-order valence-electron chi connectivity index (χ2n) is 1.83. The molecule has 5 heteroatoms. The van der Waals surface area contributed by atoms with Gasteiger partial charge in [0.15, 0.2) is 5.69 Å². The van der Waals surface area contributed by atoms with E-state index in [1.807, 2.05) is 6.07 Å². The maximum atomic E-state index is 11.0. The van der Waals surface area contributed by atoms with Gasteiger partial charge in [0.1, 0.15) is 17.1 Å². The Morgan fingerprint density at radius 3 is 3.09 bits per heavy atom. The Kier molecular flexibility index (Phi) is 2.39. The molecule has 0 aromatic carbocycles. The van der Waals surface area contributed by atoms with Gasteiger partial charge in [-0.2, -0.15) is 9.35 Å². The molecule has 0 aliphatic rings. The summed E-state index contributed by atoms with van der Waals surface area (Å²) in [6.45, 7) is 1.80. The van der Waals surface area contributed by atoms with Crippen LogP contribution in [0.3, 0.4) is 0 Å². The van der Waals surface area contributed by atoms with E-state index < -0.39 is 11.0 Å². The van der Waals surface area contributed by atoms with Gasteiger partial charge in [0.2, 0.25) is 0 Å². The lowest BCUT2D eigenvalue weighted by Crippen LogP contribution is -2.06. The van der Waals surface area contributed by atoms with Crippen LogP contribution in [-0.4, -0.2) is 19.1 Å².